The molecule has 1 atom stereocenters. The third-order valence-electron chi connectivity index (χ3n) is 3.87. The molecule has 0 aliphatic heterocycles. The number of ketones is 1. The predicted molar refractivity (Wildman–Crippen MR) is 78.9 cm³/mol. The van der Waals surface area contributed by atoms with Gasteiger partial charge < -0.3 is 14.5 Å². The molecule has 6 heteroatoms. The zero-order valence-corrected chi connectivity index (χ0v) is 13.2. The first kappa shape index (κ1) is 16.3. The van der Waals surface area contributed by atoms with Gasteiger partial charge in [0.2, 0.25) is 0 Å². The number of esters is 2. The lowest BCUT2D eigenvalue weighted by atomic mass is 9.96. The SMILES string of the molecule is CCOC(=O)c1[nH]c(C)c(C(=O)O[C@@H]2CCCCC2=O)c1C. The van der Waals surface area contributed by atoms with E-state index in [2.05, 4.69) is 4.98 Å². The largest absolute Gasteiger partial charge is 0.461 e. The van der Waals surface area contributed by atoms with Crippen molar-refractivity contribution in [1.82, 2.24) is 4.98 Å². The minimum Gasteiger partial charge on any atom is -0.461 e. The fraction of sp³-hybridized carbons (Fsp3) is 0.562. The van der Waals surface area contributed by atoms with Crippen molar-refractivity contribution in [2.75, 3.05) is 6.61 Å². The number of hydrogen-bond donors (Lipinski definition) is 1. The Morgan fingerprint density at radius 2 is 1.95 bits per heavy atom. The normalized spacial score (nSPS) is 18.1. The van der Waals surface area contributed by atoms with E-state index in [1.165, 1.54) is 0 Å². The number of nitrogens with one attached hydrogen (secondary N) is 1. The fourth-order valence-corrected chi connectivity index (χ4v) is 2.73. The summed E-state index contributed by atoms with van der Waals surface area (Å²) in [5.41, 5.74) is 1.58. The Bertz CT molecular complexity index is 602. The second kappa shape index (κ2) is 6.77. The number of rotatable bonds is 4. The summed E-state index contributed by atoms with van der Waals surface area (Å²) >= 11 is 0. The van der Waals surface area contributed by atoms with Crippen molar-refractivity contribution in [3.63, 3.8) is 0 Å². The maximum atomic E-state index is 12.3. The first-order chi connectivity index (χ1) is 10.5. The van der Waals surface area contributed by atoms with Crippen LogP contribution in [0.5, 0.6) is 0 Å². The molecule has 1 aromatic rings. The van der Waals surface area contributed by atoms with Gasteiger partial charge in [0.15, 0.2) is 11.9 Å². The minimum atomic E-state index is -0.666. The van der Waals surface area contributed by atoms with Crippen molar-refractivity contribution >= 4 is 17.7 Å². The number of H-pyrrole nitrogens is 1. The van der Waals surface area contributed by atoms with Gasteiger partial charge in [0.05, 0.1) is 12.2 Å². The summed E-state index contributed by atoms with van der Waals surface area (Å²) in [6, 6.07) is 0. The average molecular weight is 307 g/mol. The van der Waals surface area contributed by atoms with E-state index in [9.17, 15) is 14.4 Å². The number of Topliss-reactive ketones (excluding diaryl/α,β-unsaturated/α-hetero) is 1. The van der Waals surface area contributed by atoms with Crippen molar-refractivity contribution in [2.24, 2.45) is 0 Å². The van der Waals surface area contributed by atoms with E-state index in [0.717, 1.165) is 12.8 Å². The van der Waals surface area contributed by atoms with Crippen LogP contribution in [0.3, 0.4) is 0 Å². The molecule has 0 bridgehead atoms. The van der Waals surface area contributed by atoms with Gasteiger partial charge in [-0.3, -0.25) is 4.79 Å². The first-order valence-corrected chi connectivity index (χ1v) is 7.55. The molecule has 1 aliphatic carbocycles. The van der Waals surface area contributed by atoms with E-state index in [1.54, 1.807) is 20.8 Å². The predicted octanol–water partition coefficient (Wildman–Crippen LogP) is 2.48. The summed E-state index contributed by atoms with van der Waals surface area (Å²) in [7, 11) is 0. The molecular weight excluding hydrogens is 286 g/mol. The molecule has 0 aromatic carbocycles. The van der Waals surface area contributed by atoms with Gasteiger partial charge in [-0.1, -0.05) is 0 Å². The molecule has 0 spiro atoms. The number of ether oxygens (including phenoxy) is 2. The monoisotopic (exact) mass is 307 g/mol. The number of aryl methyl sites for hydroxylation is 1. The highest BCUT2D eigenvalue weighted by molar-refractivity contribution is 5.99. The highest BCUT2D eigenvalue weighted by Crippen LogP contribution is 2.23. The topological polar surface area (TPSA) is 85.5 Å². The van der Waals surface area contributed by atoms with Crippen LogP contribution in [0.15, 0.2) is 0 Å². The van der Waals surface area contributed by atoms with Crippen LogP contribution in [0, 0.1) is 13.8 Å². The molecule has 22 heavy (non-hydrogen) atoms. The summed E-state index contributed by atoms with van der Waals surface area (Å²) < 4.78 is 10.3. The van der Waals surface area contributed by atoms with Crippen molar-refractivity contribution in [3.8, 4) is 0 Å². The van der Waals surface area contributed by atoms with E-state index < -0.39 is 18.0 Å². The zero-order valence-electron chi connectivity index (χ0n) is 13.2. The second-order valence-corrected chi connectivity index (χ2v) is 5.45. The van der Waals surface area contributed by atoms with Gasteiger partial charge in [-0.15, -0.1) is 0 Å². The standard InChI is InChI=1S/C16H21NO5/c1-4-21-16(20)14-9(2)13(10(3)17-14)15(19)22-12-8-6-5-7-11(12)18/h12,17H,4-8H2,1-3H3/t12-/m1/s1. The van der Waals surface area contributed by atoms with Crippen LogP contribution in [0.1, 0.15) is 64.7 Å². The van der Waals surface area contributed by atoms with Gasteiger partial charge in [0.25, 0.3) is 0 Å². The molecular formula is C16H21NO5. The third kappa shape index (κ3) is 3.21. The van der Waals surface area contributed by atoms with Gasteiger partial charge in [-0.05, 0) is 45.6 Å². The van der Waals surface area contributed by atoms with Gasteiger partial charge >= 0.3 is 11.9 Å². The molecule has 1 aliphatic rings. The van der Waals surface area contributed by atoms with E-state index in [0.29, 0.717) is 29.7 Å². The van der Waals surface area contributed by atoms with E-state index >= 15 is 0 Å². The Kier molecular flexibility index (Phi) is 5.00. The van der Waals surface area contributed by atoms with Crippen LogP contribution in [-0.2, 0) is 14.3 Å². The number of aromatic amines is 1. The van der Waals surface area contributed by atoms with E-state index in [4.69, 9.17) is 9.47 Å². The molecule has 120 valence electrons. The fourth-order valence-electron chi connectivity index (χ4n) is 2.73. The molecule has 1 saturated carbocycles. The summed E-state index contributed by atoms with van der Waals surface area (Å²) in [6.45, 7) is 5.32. The zero-order chi connectivity index (χ0) is 16.3. The molecule has 1 N–H and O–H groups in total. The van der Waals surface area contributed by atoms with Gasteiger partial charge in [0.1, 0.15) is 5.69 Å². The lowest BCUT2D eigenvalue weighted by molar-refractivity contribution is -0.129. The molecule has 6 nitrogen and oxygen atoms in total. The molecule has 1 aromatic heterocycles. The van der Waals surface area contributed by atoms with Gasteiger partial charge in [0, 0.05) is 12.1 Å². The quantitative estimate of drug-likeness (QED) is 0.864. The maximum absolute atomic E-state index is 12.3. The van der Waals surface area contributed by atoms with Crippen LogP contribution in [-0.4, -0.2) is 35.4 Å². The number of aromatic nitrogens is 1. The Labute approximate surface area is 129 Å². The molecule has 1 fully saturated rings. The highest BCUT2D eigenvalue weighted by atomic mass is 16.5. The Hall–Kier alpha value is -2.11. The Morgan fingerprint density at radius 1 is 1.23 bits per heavy atom. The summed E-state index contributed by atoms with van der Waals surface area (Å²) in [5, 5.41) is 0. The van der Waals surface area contributed by atoms with Crippen LogP contribution in [0.4, 0.5) is 0 Å². The third-order valence-corrected chi connectivity index (χ3v) is 3.87. The van der Waals surface area contributed by atoms with Crippen molar-refractivity contribution in [3.05, 3.63) is 22.5 Å². The van der Waals surface area contributed by atoms with Crippen LogP contribution < -0.4 is 0 Å². The highest BCUT2D eigenvalue weighted by Gasteiger charge is 2.29. The summed E-state index contributed by atoms with van der Waals surface area (Å²) in [4.78, 5) is 38.8. The van der Waals surface area contributed by atoms with E-state index in [1.807, 2.05) is 0 Å². The van der Waals surface area contributed by atoms with Crippen molar-refractivity contribution < 1.29 is 23.9 Å². The average Bonchev–Trinajstić information content (AvgIpc) is 2.77. The lowest BCUT2D eigenvalue weighted by Crippen LogP contribution is -2.30. The molecule has 2 rings (SSSR count). The number of carbonyl (C=O) groups is 3. The maximum Gasteiger partial charge on any atom is 0.355 e. The van der Waals surface area contributed by atoms with Crippen LogP contribution in [0.2, 0.25) is 0 Å². The van der Waals surface area contributed by atoms with Crippen molar-refractivity contribution in [2.45, 2.75) is 52.6 Å². The smallest absolute Gasteiger partial charge is 0.355 e. The second-order valence-electron chi connectivity index (χ2n) is 5.45. The Balaban J connectivity index is 2.19. The summed E-state index contributed by atoms with van der Waals surface area (Å²) in [6.07, 6.45) is 2.08. The number of hydrogen-bond acceptors (Lipinski definition) is 5. The lowest BCUT2D eigenvalue weighted by Gasteiger charge is -2.20. The minimum absolute atomic E-state index is 0.0314. The molecule has 1 heterocycles. The van der Waals surface area contributed by atoms with Crippen LogP contribution >= 0.6 is 0 Å². The van der Waals surface area contributed by atoms with Crippen molar-refractivity contribution in [1.29, 1.82) is 0 Å². The van der Waals surface area contributed by atoms with Gasteiger partial charge in [-0.2, -0.15) is 0 Å². The van der Waals surface area contributed by atoms with Crippen LogP contribution in [0.25, 0.3) is 0 Å². The van der Waals surface area contributed by atoms with E-state index in [-0.39, 0.29) is 18.1 Å². The molecule has 0 saturated heterocycles. The Morgan fingerprint density at radius 3 is 2.59 bits per heavy atom. The number of carbonyl (C=O) groups excluding carboxylic acids is 3. The molecule has 0 radical (unpaired) electrons. The van der Waals surface area contributed by atoms with Gasteiger partial charge in [-0.25, -0.2) is 9.59 Å². The summed E-state index contributed by atoms with van der Waals surface area (Å²) in [5.74, 6) is -1.10. The molecule has 0 amide bonds. The first-order valence-electron chi connectivity index (χ1n) is 7.55. The molecule has 0 unspecified atom stereocenters.